The number of nitrogens with one attached hydrogen (secondary N) is 1. The first-order chi connectivity index (χ1) is 12.0. The molecular formula is C19H18FN3O2. The molecule has 0 aromatic heterocycles. The van der Waals surface area contributed by atoms with Crippen LogP contribution in [-0.2, 0) is 16.0 Å². The Morgan fingerprint density at radius 3 is 2.80 bits per heavy atom. The number of hydrogen-bond acceptors (Lipinski definition) is 3. The van der Waals surface area contributed by atoms with Gasteiger partial charge in [0, 0.05) is 25.8 Å². The van der Waals surface area contributed by atoms with Gasteiger partial charge in [-0.3, -0.25) is 9.59 Å². The standard InChI is InChI=1S/C19H18FN3O2/c1-22-8-9-23(17-11-13(20)6-7-16(17)22)19(25)14-10-12-4-2-3-5-15(12)21-18(14)24/h2-7,11,14H,8-10H2,1H3,(H,21,24). The lowest BCUT2D eigenvalue weighted by Crippen LogP contribution is -2.49. The molecule has 2 heterocycles. The van der Waals surface area contributed by atoms with Crippen molar-refractivity contribution < 1.29 is 14.0 Å². The van der Waals surface area contributed by atoms with Crippen molar-refractivity contribution in [2.75, 3.05) is 35.3 Å². The molecule has 0 saturated carbocycles. The highest BCUT2D eigenvalue weighted by Crippen LogP contribution is 2.35. The summed E-state index contributed by atoms with van der Waals surface area (Å²) in [6.45, 7) is 1.06. The Morgan fingerprint density at radius 2 is 1.96 bits per heavy atom. The van der Waals surface area contributed by atoms with Gasteiger partial charge in [-0.15, -0.1) is 0 Å². The van der Waals surface area contributed by atoms with Crippen LogP contribution in [0.1, 0.15) is 5.56 Å². The van der Waals surface area contributed by atoms with Gasteiger partial charge in [-0.1, -0.05) is 18.2 Å². The molecule has 2 aromatic carbocycles. The topological polar surface area (TPSA) is 52.6 Å². The number of likely N-dealkylation sites (N-methyl/N-ethyl adjacent to an activating group) is 1. The maximum atomic E-state index is 13.7. The molecule has 25 heavy (non-hydrogen) atoms. The van der Waals surface area contributed by atoms with Gasteiger partial charge < -0.3 is 15.1 Å². The number of carbonyl (C=O) groups is 2. The van der Waals surface area contributed by atoms with Crippen molar-refractivity contribution in [2.24, 2.45) is 5.92 Å². The van der Waals surface area contributed by atoms with E-state index in [0.717, 1.165) is 16.9 Å². The first-order valence-corrected chi connectivity index (χ1v) is 8.25. The van der Waals surface area contributed by atoms with E-state index in [0.29, 0.717) is 25.2 Å². The lowest BCUT2D eigenvalue weighted by molar-refractivity contribution is -0.131. The fourth-order valence-electron chi connectivity index (χ4n) is 3.50. The number of amides is 2. The van der Waals surface area contributed by atoms with Crippen molar-refractivity contribution >= 4 is 28.9 Å². The van der Waals surface area contributed by atoms with E-state index in [2.05, 4.69) is 5.32 Å². The summed E-state index contributed by atoms with van der Waals surface area (Å²) in [7, 11) is 1.90. The lowest BCUT2D eigenvalue weighted by atomic mass is 9.91. The number of rotatable bonds is 1. The first-order valence-electron chi connectivity index (χ1n) is 8.25. The summed E-state index contributed by atoms with van der Waals surface area (Å²) in [6.07, 6.45) is 0.359. The van der Waals surface area contributed by atoms with Gasteiger partial charge in [0.2, 0.25) is 11.8 Å². The van der Waals surface area contributed by atoms with E-state index in [4.69, 9.17) is 0 Å². The summed E-state index contributed by atoms with van der Waals surface area (Å²) in [4.78, 5) is 29.0. The summed E-state index contributed by atoms with van der Waals surface area (Å²) in [5.41, 5.74) is 3.00. The number of nitrogens with zero attached hydrogens (tertiary/aromatic N) is 2. The number of halogens is 1. The van der Waals surface area contributed by atoms with Crippen molar-refractivity contribution in [1.82, 2.24) is 0 Å². The highest BCUT2D eigenvalue weighted by molar-refractivity contribution is 6.14. The number of benzene rings is 2. The highest BCUT2D eigenvalue weighted by atomic mass is 19.1. The first kappa shape index (κ1) is 15.6. The Labute approximate surface area is 145 Å². The Morgan fingerprint density at radius 1 is 1.16 bits per heavy atom. The van der Waals surface area contributed by atoms with Crippen LogP contribution in [0, 0.1) is 11.7 Å². The van der Waals surface area contributed by atoms with E-state index in [9.17, 15) is 14.0 Å². The average molecular weight is 339 g/mol. The zero-order chi connectivity index (χ0) is 17.6. The van der Waals surface area contributed by atoms with Gasteiger partial charge in [-0.2, -0.15) is 0 Å². The zero-order valence-electron chi connectivity index (χ0n) is 13.8. The molecule has 6 heteroatoms. The van der Waals surface area contributed by atoms with Crippen molar-refractivity contribution in [3.05, 3.63) is 53.8 Å². The van der Waals surface area contributed by atoms with Crippen molar-refractivity contribution in [1.29, 1.82) is 0 Å². The normalized spacial score (nSPS) is 19.1. The summed E-state index contributed by atoms with van der Waals surface area (Å²) in [5, 5.41) is 2.80. The van der Waals surface area contributed by atoms with Crippen LogP contribution in [-0.4, -0.2) is 32.0 Å². The summed E-state index contributed by atoms with van der Waals surface area (Å²) in [5.74, 6) is -1.78. The van der Waals surface area contributed by atoms with E-state index in [1.165, 1.54) is 17.0 Å². The van der Waals surface area contributed by atoms with Crippen LogP contribution in [0.15, 0.2) is 42.5 Å². The maximum Gasteiger partial charge on any atom is 0.240 e. The van der Waals surface area contributed by atoms with Gasteiger partial charge in [-0.05, 0) is 36.2 Å². The second kappa shape index (κ2) is 5.88. The Bertz CT molecular complexity index is 867. The molecule has 0 saturated heterocycles. The third kappa shape index (κ3) is 2.63. The van der Waals surface area contributed by atoms with Gasteiger partial charge in [0.15, 0.2) is 0 Å². The maximum absolute atomic E-state index is 13.7. The van der Waals surface area contributed by atoms with Crippen LogP contribution in [0.5, 0.6) is 0 Å². The van der Waals surface area contributed by atoms with Gasteiger partial charge in [-0.25, -0.2) is 4.39 Å². The molecule has 4 rings (SSSR count). The number of carbonyl (C=O) groups excluding carboxylic acids is 2. The Balaban J connectivity index is 1.67. The van der Waals surface area contributed by atoms with Crippen LogP contribution in [0.4, 0.5) is 21.5 Å². The molecule has 0 fully saturated rings. The molecule has 5 nitrogen and oxygen atoms in total. The Hall–Kier alpha value is -2.89. The molecule has 128 valence electrons. The predicted octanol–water partition coefficient (Wildman–Crippen LogP) is 2.42. The minimum atomic E-state index is -0.797. The van der Waals surface area contributed by atoms with Gasteiger partial charge in [0.25, 0.3) is 0 Å². The molecule has 2 aliphatic rings. The largest absolute Gasteiger partial charge is 0.371 e. The van der Waals surface area contributed by atoms with Crippen LogP contribution >= 0.6 is 0 Å². The number of para-hydroxylation sites is 1. The van der Waals surface area contributed by atoms with Crippen LogP contribution in [0.2, 0.25) is 0 Å². The molecule has 0 bridgehead atoms. The van der Waals surface area contributed by atoms with Crippen molar-refractivity contribution in [3.63, 3.8) is 0 Å². The SMILES string of the molecule is CN1CCN(C(=O)C2Cc3ccccc3NC2=O)c2cc(F)ccc21. The molecular weight excluding hydrogens is 321 g/mol. The van der Waals surface area contributed by atoms with Crippen LogP contribution in [0.25, 0.3) is 0 Å². The molecule has 1 N–H and O–H groups in total. The smallest absolute Gasteiger partial charge is 0.240 e. The van der Waals surface area contributed by atoms with Crippen LogP contribution < -0.4 is 15.1 Å². The summed E-state index contributed by atoms with van der Waals surface area (Å²) < 4.78 is 13.7. The quantitative estimate of drug-likeness (QED) is 0.812. The summed E-state index contributed by atoms with van der Waals surface area (Å²) in [6, 6.07) is 11.9. The third-order valence-electron chi connectivity index (χ3n) is 4.88. The van der Waals surface area contributed by atoms with Gasteiger partial charge in [0.1, 0.15) is 11.7 Å². The number of anilines is 3. The van der Waals surface area contributed by atoms with Gasteiger partial charge in [0.05, 0.1) is 11.4 Å². The molecule has 2 aromatic rings. The van der Waals surface area contributed by atoms with Crippen molar-refractivity contribution in [2.45, 2.75) is 6.42 Å². The predicted molar refractivity (Wildman–Crippen MR) is 94.3 cm³/mol. The van der Waals surface area contributed by atoms with E-state index >= 15 is 0 Å². The minimum absolute atomic E-state index is 0.285. The molecule has 0 aliphatic carbocycles. The lowest BCUT2D eigenvalue weighted by Gasteiger charge is -2.37. The second-order valence-electron chi connectivity index (χ2n) is 6.45. The molecule has 1 atom stereocenters. The van der Waals surface area contributed by atoms with E-state index < -0.39 is 11.7 Å². The fourth-order valence-corrected chi connectivity index (χ4v) is 3.50. The van der Waals surface area contributed by atoms with Crippen LogP contribution in [0.3, 0.4) is 0 Å². The molecule has 2 amide bonds. The van der Waals surface area contributed by atoms with E-state index in [1.54, 1.807) is 6.07 Å². The average Bonchev–Trinajstić information content (AvgIpc) is 2.61. The highest BCUT2D eigenvalue weighted by Gasteiger charge is 2.37. The zero-order valence-corrected chi connectivity index (χ0v) is 13.8. The number of hydrogen-bond donors (Lipinski definition) is 1. The number of fused-ring (bicyclic) bond motifs is 2. The minimum Gasteiger partial charge on any atom is -0.371 e. The molecule has 1 unspecified atom stereocenters. The molecule has 0 radical (unpaired) electrons. The Kier molecular flexibility index (Phi) is 3.67. The van der Waals surface area contributed by atoms with Gasteiger partial charge >= 0.3 is 0 Å². The third-order valence-corrected chi connectivity index (χ3v) is 4.88. The molecule has 0 spiro atoms. The second-order valence-corrected chi connectivity index (χ2v) is 6.45. The molecule has 2 aliphatic heterocycles. The van der Waals surface area contributed by atoms with E-state index in [1.807, 2.05) is 36.2 Å². The monoisotopic (exact) mass is 339 g/mol. The fraction of sp³-hybridized carbons (Fsp3) is 0.263. The van der Waals surface area contributed by atoms with E-state index in [-0.39, 0.29) is 11.8 Å². The van der Waals surface area contributed by atoms with Crippen molar-refractivity contribution in [3.8, 4) is 0 Å². The summed E-state index contributed by atoms with van der Waals surface area (Å²) >= 11 is 0.